The molecule has 1 N–H and O–H groups in total. The van der Waals surface area contributed by atoms with Gasteiger partial charge in [0, 0.05) is 52.1 Å². The van der Waals surface area contributed by atoms with Crippen molar-refractivity contribution in [3.8, 4) is 0 Å². The number of nitrogens with one attached hydrogen (secondary N) is 1. The smallest absolute Gasteiger partial charge is 0.321 e. The van der Waals surface area contributed by atoms with Crippen LogP contribution in [-0.2, 0) is 20.9 Å². The molecule has 0 spiro atoms. The van der Waals surface area contributed by atoms with Crippen molar-refractivity contribution < 1.29 is 19.1 Å². The van der Waals surface area contributed by atoms with Crippen LogP contribution < -0.4 is 5.32 Å². The number of piperazine rings is 1. The van der Waals surface area contributed by atoms with Crippen LogP contribution in [0.15, 0.2) is 24.3 Å². The Balaban J connectivity index is 1.49. The fraction of sp³-hybridized carbons (Fsp3) is 0.526. The summed E-state index contributed by atoms with van der Waals surface area (Å²) in [5.41, 5.74) is 1.68. The van der Waals surface area contributed by atoms with E-state index in [1.54, 1.807) is 21.8 Å². The van der Waals surface area contributed by atoms with E-state index in [0.29, 0.717) is 51.6 Å². The van der Waals surface area contributed by atoms with Crippen LogP contribution in [0.2, 0.25) is 0 Å². The zero-order valence-corrected chi connectivity index (χ0v) is 15.6. The molecule has 2 aliphatic heterocycles. The first kappa shape index (κ1) is 19.2. The maximum absolute atomic E-state index is 12.5. The summed E-state index contributed by atoms with van der Waals surface area (Å²) in [7, 11) is 1.63. The van der Waals surface area contributed by atoms with Crippen molar-refractivity contribution in [2.75, 3.05) is 51.7 Å². The number of carbonyl (C=O) groups excluding carboxylic acids is 3. The van der Waals surface area contributed by atoms with Crippen molar-refractivity contribution in [1.82, 2.24) is 14.7 Å². The molecule has 27 heavy (non-hydrogen) atoms. The Kier molecular flexibility index (Phi) is 6.28. The third kappa shape index (κ3) is 4.77. The number of benzene rings is 1. The lowest BCUT2D eigenvalue weighted by atomic mass is 10.2. The normalized spacial score (nSPS) is 17.1. The average molecular weight is 374 g/mol. The first-order valence-electron chi connectivity index (χ1n) is 9.30. The fourth-order valence-electron chi connectivity index (χ4n) is 3.41. The summed E-state index contributed by atoms with van der Waals surface area (Å²) in [6.07, 6.45) is 1.91. The fourth-order valence-corrected chi connectivity index (χ4v) is 3.41. The third-order valence-corrected chi connectivity index (χ3v) is 4.92. The van der Waals surface area contributed by atoms with Crippen molar-refractivity contribution in [2.24, 2.45) is 0 Å². The van der Waals surface area contributed by atoms with Gasteiger partial charge in [0.15, 0.2) is 0 Å². The number of rotatable bonds is 3. The largest absolute Gasteiger partial charge is 0.380 e. The first-order valence-corrected chi connectivity index (χ1v) is 9.30. The molecule has 0 aliphatic carbocycles. The van der Waals surface area contributed by atoms with Gasteiger partial charge in [0.1, 0.15) is 0 Å². The maximum atomic E-state index is 12.5. The maximum Gasteiger partial charge on any atom is 0.321 e. The molecule has 4 amide bonds. The Morgan fingerprint density at radius 3 is 2.15 bits per heavy atom. The lowest BCUT2D eigenvalue weighted by molar-refractivity contribution is -0.152. The monoisotopic (exact) mass is 374 g/mol. The summed E-state index contributed by atoms with van der Waals surface area (Å²) >= 11 is 0. The van der Waals surface area contributed by atoms with Gasteiger partial charge in [-0.3, -0.25) is 9.59 Å². The van der Waals surface area contributed by atoms with Crippen molar-refractivity contribution in [1.29, 1.82) is 0 Å². The third-order valence-electron chi connectivity index (χ3n) is 4.92. The van der Waals surface area contributed by atoms with Crippen molar-refractivity contribution >= 4 is 23.5 Å². The Morgan fingerprint density at radius 2 is 1.52 bits per heavy atom. The highest BCUT2D eigenvalue weighted by molar-refractivity contribution is 6.35. The Bertz CT molecular complexity index is 695. The summed E-state index contributed by atoms with van der Waals surface area (Å²) in [6, 6.07) is 7.29. The second-order valence-electron chi connectivity index (χ2n) is 6.84. The Morgan fingerprint density at radius 1 is 0.926 bits per heavy atom. The Labute approximate surface area is 159 Å². The first-order chi connectivity index (χ1) is 13.1. The zero-order chi connectivity index (χ0) is 19.2. The quantitative estimate of drug-likeness (QED) is 0.804. The minimum Gasteiger partial charge on any atom is -0.380 e. The summed E-state index contributed by atoms with van der Waals surface area (Å²) in [4.78, 5) is 41.9. The summed E-state index contributed by atoms with van der Waals surface area (Å²) in [5, 5.41) is 2.87. The number of hydrogen-bond acceptors (Lipinski definition) is 4. The molecule has 0 radical (unpaired) electrons. The lowest BCUT2D eigenvalue weighted by Crippen LogP contribution is -2.54. The van der Waals surface area contributed by atoms with E-state index in [0.717, 1.165) is 18.4 Å². The number of nitrogens with zero attached hydrogens (tertiary/aromatic N) is 3. The van der Waals surface area contributed by atoms with E-state index in [4.69, 9.17) is 4.74 Å². The highest BCUT2D eigenvalue weighted by atomic mass is 16.5. The van der Waals surface area contributed by atoms with Crippen LogP contribution in [0.4, 0.5) is 10.5 Å². The van der Waals surface area contributed by atoms with Gasteiger partial charge in [0.05, 0.1) is 6.61 Å². The van der Waals surface area contributed by atoms with Gasteiger partial charge >= 0.3 is 17.8 Å². The van der Waals surface area contributed by atoms with E-state index in [1.165, 1.54) is 0 Å². The van der Waals surface area contributed by atoms with Gasteiger partial charge < -0.3 is 24.8 Å². The molecule has 2 fully saturated rings. The molecule has 1 aromatic carbocycles. The second kappa shape index (κ2) is 8.85. The van der Waals surface area contributed by atoms with Gasteiger partial charge in [0.25, 0.3) is 0 Å². The number of anilines is 1. The molecule has 146 valence electrons. The number of amides is 4. The predicted molar refractivity (Wildman–Crippen MR) is 100 cm³/mol. The number of likely N-dealkylation sites (tertiary alicyclic amines) is 1. The minimum absolute atomic E-state index is 0.206. The number of hydrogen-bond donors (Lipinski definition) is 1. The second-order valence-corrected chi connectivity index (χ2v) is 6.84. The number of urea groups is 1. The van der Waals surface area contributed by atoms with Crippen LogP contribution in [0.5, 0.6) is 0 Å². The highest BCUT2D eigenvalue weighted by Crippen LogP contribution is 2.14. The van der Waals surface area contributed by atoms with Crippen LogP contribution in [0, 0.1) is 0 Å². The number of carbonyl (C=O) groups is 3. The molecule has 0 atom stereocenters. The molecular formula is C19H26N4O4. The molecule has 3 rings (SSSR count). The molecule has 1 aromatic rings. The van der Waals surface area contributed by atoms with E-state index in [-0.39, 0.29) is 6.03 Å². The SMILES string of the molecule is COCc1cccc(NC(=O)N2CCN(C(=O)C(=O)N3CCCC3)CC2)c1. The van der Waals surface area contributed by atoms with Gasteiger partial charge in [0.2, 0.25) is 0 Å². The number of methoxy groups -OCH3 is 1. The number of ether oxygens (including phenoxy) is 1. The van der Waals surface area contributed by atoms with E-state index in [2.05, 4.69) is 5.32 Å². The van der Waals surface area contributed by atoms with Crippen LogP contribution in [0.3, 0.4) is 0 Å². The van der Waals surface area contributed by atoms with Crippen LogP contribution in [0.1, 0.15) is 18.4 Å². The topological polar surface area (TPSA) is 82.2 Å². The Hall–Kier alpha value is -2.61. The molecule has 2 heterocycles. The van der Waals surface area contributed by atoms with Crippen molar-refractivity contribution in [3.63, 3.8) is 0 Å². The predicted octanol–water partition coefficient (Wildman–Crippen LogP) is 1.13. The molecule has 8 nitrogen and oxygen atoms in total. The molecular weight excluding hydrogens is 348 g/mol. The molecule has 8 heteroatoms. The molecule has 0 unspecified atom stereocenters. The minimum atomic E-state index is -0.454. The molecule has 2 aliphatic rings. The van der Waals surface area contributed by atoms with E-state index >= 15 is 0 Å². The molecule has 2 saturated heterocycles. The summed E-state index contributed by atoms with van der Waals surface area (Å²) in [5.74, 6) is -0.871. The standard InChI is InChI=1S/C19H26N4O4/c1-27-14-15-5-4-6-16(13-15)20-19(26)23-11-9-22(10-12-23)18(25)17(24)21-7-2-3-8-21/h4-6,13H,2-3,7-12,14H2,1H3,(H,20,26). The average Bonchev–Trinajstić information content (AvgIpc) is 3.22. The van der Waals surface area contributed by atoms with Gasteiger partial charge in [-0.25, -0.2) is 4.79 Å². The lowest BCUT2D eigenvalue weighted by Gasteiger charge is -2.34. The van der Waals surface area contributed by atoms with Crippen molar-refractivity contribution in [3.05, 3.63) is 29.8 Å². The van der Waals surface area contributed by atoms with E-state index in [9.17, 15) is 14.4 Å². The molecule has 0 aromatic heterocycles. The van der Waals surface area contributed by atoms with Gasteiger partial charge in [-0.15, -0.1) is 0 Å². The van der Waals surface area contributed by atoms with E-state index < -0.39 is 11.8 Å². The van der Waals surface area contributed by atoms with Crippen molar-refractivity contribution in [2.45, 2.75) is 19.4 Å². The van der Waals surface area contributed by atoms with E-state index in [1.807, 2.05) is 24.3 Å². The van der Waals surface area contributed by atoms with Gasteiger partial charge in [-0.1, -0.05) is 12.1 Å². The van der Waals surface area contributed by atoms with Gasteiger partial charge in [-0.2, -0.15) is 0 Å². The summed E-state index contributed by atoms with van der Waals surface area (Å²) in [6.45, 7) is 3.36. The highest BCUT2D eigenvalue weighted by Gasteiger charge is 2.31. The van der Waals surface area contributed by atoms with Crippen LogP contribution in [0.25, 0.3) is 0 Å². The van der Waals surface area contributed by atoms with Crippen LogP contribution >= 0.6 is 0 Å². The summed E-state index contributed by atoms with van der Waals surface area (Å²) < 4.78 is 5.10. The molecule has 0 bridgehead atoms. The van der Waals surface area contributed by atoms with Crippen LogP contribution in [-0.4, -0.2) is 78.9 Å². The zero-order valence-electron chi connectivity index (χ0n) is 15.6. The molecule has 0 saturated carbocycles. The van der Waals surface area contributed by atoms with Gasteiger partial charge in [-0.05, 0) is 30.5 Å².